The number of nitrogens with two attached hydrogens (primary N) is 2. The quantitative estimate of drug-likeness (QED) is 0.761. The zero-order valence-electron chi connectivity index (χ0n) is 12.2. The molecule has 6 heteroatoms. The maximum Gasteiger partial charge on any atom is 0.240 e. The van der Waals surface area contributed by atoms with E-state index in [1.165, 1.54) is 4.90 Å². The summed E-state index contributed by atoms with van der Waals surface area (Å²) in [7, 11) is 5.59. The molecular weight excluding hydrogens is 256 g/mol. The first-order valence-electron chi connectivity index (χ1n) is 6.36. The van der Waals surface area contributed by atoms with Gasteiger partial charge in [-0.1, -0.05) is 12.1 Å². The van der Waals surface area contributed by atoms with Gasteiger partial charge in [-0.25, -0.2) is 0 Å². The second-order valence-corrected chi connectivity index (χ2v) is 5.03. The minimum atomic E-state index is -0.876. The average Bonchev–Trinajstić information content (AvgIpc) is 2.37. The molecule has 1 aromatic carbocycles. The lowest BCUT2D eigenvalue weighted by Gasteiger charge is -2.21. The molecule has 0 bridgehead atoms. The summed E-state index contributed by atoms with van der Waals surface area (Å²) in [5.74, 6) is -0.866. The van der Waals surface area contributed by atoms with Crippen LogP contribution in [0.5, 0.6) is 0 Å². The van der Waals surface area contributed by atoms with Gasteiger partial charge in [-0.2, -0.15) is 0 Å². The molecule has 0 saturated carbocycles. The van der Waals surface area contributed by atoms with Crippen molar-refractivity contribution in [2.24, 2.45) is 11.5 Å². The molecule has 110 valence electrons. The Hall–Kier alpha value is -2.08. The molecule has 0 aliphatic carbocycles. The van der Waals surface area contributed by atoms with Crippen LogP contribution in [-0.2, 0) is 16.1 Å². The van der Waals surface area contributed by atoms with Crippen molar-refractivity contribution in [2.75, 3.05) is 26.0 Å². The van der Waals surface area contributed by atoms with Crippen LogP contribution in [0.25, 0.3) is 0 Å². The second-order valence-electron chi connectivity index (χ2n) is 5.03. The largest absolute Gasteiger partial charge is 0.378 e. The average molecular weight is 278 g/mol. The second kappa shape index (κ2) is 6.91. The molecule has 2 amide bonds. The van der Waals surface area contributed by atoms with Gasteiger partial charge in [0, 0.05) is 33.4 Å². The van der Waals surface area contributed by atoms with Crippen LogP contribution in [0.4, 0.5) is 5.69 Å². The highest BCUT2D eigenvalue weighted by Gasteiger charge is 2.19. The number of carbonyl (C=O) groups is 2. The van der Waals surface area contributed by atoms with Crippen molar-refractivity contribution < 1.29 is 9.59 Å². The summed E-state index contributed by atoms with van der Waals surface area (Å²) >= 11 is 0. The highest BCUT2D eigenvalue weighted by Crippen LogP contribution is 2.13. The summed E-state index contributed by atoms with van der Waals surface area (Å²) in [6.07, 6.45) is -0.136. The number of hydrogen-bond acceptors (Lipinski definition) is 4. The van der Waals surface area contributed by atoms with E-state index in [4.69, 9.17) is 11.5 Å². The van der Waals surface area contributed by atoms with Crippen molar-refractivity contribution in [3.8, 4) is 0 Å². The van der Waals surface area contributed by atoms with E-state index in [1.807, 2.05) is 43.3 Å². The van der Waals surface area contributed by atoms with Crippen LogP contribution < -0.4 is 16.4 Å². The Kier molecular flexibility index (Phi) is 5.52. The number of primary amides is 1. The van der Waals surface area contributed by atoms with E-state index >= 15 is 0 Å². The van der Waals surface area contributed by atoms with Crippen molar-refractivity contribution >= 4 is 17.5 Å². The van der Waals surface area contributed by atoms with Gasteiger partial charge in [0.05, 0.1) is 12.5 Å². The van der Waals surface area contributed by atoms with Crippen LogP contribution in [0.15, 0.2) is 24.3 Å². The summed E-state index contributed by atoms with van der Waals surface area (Å²) in [6, 6.07) is 7.00. The molecule has 1 rings (SSSR count). The third-order valence-corrected chi connectivity index (χ3v) is 2.99. The summed E-state index contributed by atoms with van der Waals surface area (Å²) in [6.45, 7) is 0.443. The molecule has 0 aliphatic heterocycles. The molecule has 1 atom stereocenters. The summed E-state index contributed by atoms with van der Waals surface area (Å²) in [5, 5.41) is 0. The fourth-order valence-electron chi connectivity index (χ4n) is 1.84. The zero-order valence-corrected chi connectivity index (χ0v) is 12.2. The lowest BCUT2D eigenvalue weighted by atomic mass is 10.1. The van der Waals surface area contributed by atoms with Gasteiger partial charge in [-0.05, 0) is 17.7 Å². The van der Waals surface area contributed by atoms with E-state index in [0.29, 0.717) is 6.54 Å². The van der Waals surface area contributed by atoms with Crippen molar-refractivity contribution in [2.45, 2.75) is 19.0 Å². The smallest absolute Gasteiger partial charge is 0.240 e. The molecule has 0 aliphatic rings. The van der Waals surface area contributed by atoms with E-state index in [0.717, 1.165) is 11.3 Å². The van der Waals surface area contributed by atoms with E-state index in [2.05, 4.69) is 0 Å². The Morgan fingerprint density at radius 2 is 1.70 bits per heavy atom. The van der Waals surface area contributed by atoms with Crippen molar-refractivity contribution in [1.82, 2.24) is 4.90 Å². The Bertz CT molecular complexity index is 471. The maximum absolute atomic E-state index is 11.9. The summed E-state index contributed by atoms with van der Waals surface area (Å²) < 4.78 is 0. The first-order chi connectivity index (χ1) is 9.31. The molecule has 0 aromatic heterocycles. The SMILES string of the molecule is CN(Cc1ccc(N(C)C)cc1)C(=O)C(N)CC(N)=O. The van der Waals surface area contributed by atoms with Gasteiger partial charge in [0.15, 0.2) is 0 Å². The van der Waals surface area contributed by atoms with Crippen molar-refractivity contribution in [3.05, 3.63) is 29.8 Å². The zero-order chi connectivity index (χ0) is 15.3. The fraction of sp³-hybridized carbons (Fsp3) is 0.429. The van der Waals surface area contributed by atoms with Gasteiger partial charge in [-0.3, -0.25) is 9.59 Å². The third kappa shape index (κ3) is 4.55. The predicted octanol–water partition coefficient (Wildman–Crippen LogP) is -0.0863. The first kappa shape index (κ1) is 16.0. The molecule has 0 spiro atoms. The third-order valence-electron chi connectivity index (χ3n) is 2.99. The van der Waals surface area contributed by atoms with Crippen LogP contribution in [0, 0.1) is 0 Å². The molecule has 20 heavy (non-hydrogen) atoms. The normalized spacial score (nSPS) is 11.8. The van der Waals surface area contributed by atoms with Crippen LogP contribution in [0.3, 0.4) is 0 Å². The van der Waals surface area contributed by atoms with Gasteiger partial charge in [0.1, 0.15) is 0 Å². The maximum atomic E-state index is 11.9. The molecule has 0 fully saturated rings. The minimum Gasteiger partial charge on any atom is -0.378 e. The Balaban J connectivity index is 2.63. The number of amides is 2. The molecule has 4 N–H and O–H groups in total. The molecule has 0 saturated heterocycles. The summed E-state index contributed by atoms with van der Waals surface area (Å²) in [4.78, 5) is 26.2. The van der Waals surface area contributed by atoms with Crippen LogP contribution in [0.2, 0.25) is 0 Å². The Morgan fingerprint density at radius 1 is 1.15 bits per heavy atom. The highest BCUT2D eigenvalue weighted by atomic mass is 16.2. The Morgan fingerprint density at radius 3 is 2.15 bits per heavy atom. The molecule has 1 unspecified atom stereocenters. The van der Waals surface area contributed by atoms with Crippen molar-refractivity contribution in [3.63, 3.8) is 0 Å². The topological polar surface area (TPSA) is 92.7 Å². The van der Waals surface area contributed by atoms with Gasteiger partial charge < -0.3 is 21.3 Å². The monoisotopic (exact) mass is 278 g/mol. The lowest BCUT2D eigenvalue weighted by Crippen LogP contribution is -2.43. The number of benzene rings is 1. The Labute approximate surface area is 119 Å². The van der Waals surface area contributed by atoms with Gasteiger partial charge in [0.2, 0.25) is 11.8 Å². The number of anilines is 1. The number of carbonyl (C=O) groups excluding carboxylic acids is 2. The molecule has 6 nitrogen and oxygen atoms in total. The van der Waals surface area contributed by atoms with E-state index in [-0.39, 0.29) is 12.3 Å². The van der Waals surface area contributed by atoms with Crippen LogP contribution in [-0.4, -0.2) is 43.9 Å². The standard InChI is InChI=1S/C14H22N4O2/c1-17(2)11-6-4-10(5-7-11)9-18(3)14(20)12(15)8-13(16)19/h4-7,12H,8-9,15H2,1-3H3,(H2,16,19). The van der Waals surface area contributed by atoms with E-state index in [9.17, 15) is 9.59 Å². The number of likely N-dealkylation sites (N-methyl/N-ethyl adjacent to an activating group) is 1. The van der Waals surface area contributed by atoms with Crippen LogP contribution >= 0.6 is 0 Å². The lowest BCUT2D eigenvalue weighted by molar-refractivity contribution is -0.133. The molecule has 0 radical (unpaired) electrons. The molecule has 0 heterocycles. The number of hydrogen-bond donors (Lipinski definition) is 2. The minimum absolute atomic E-state index is 0.136. The summed E-state index contributed by atoms with van der Waals surface area (Å²) in [5.41, 5.74) is 12.8. The van der Waals surface area contributed by atoms with Gasteiger partial charge >= 0.3 is 0 Å². The molecule has 1 aromatic rings. The van der Waals surface area contributed by atoms with E-state index in [1.54, 1.807) is 7.05 Å². The van der Waals surface area contributed by atoms with Crippen LogP contribution in [0.1, 0.15) is 12.0 Å². The van der Waals surface area contributed by atoms with Crippen molar-refractivity contribution in [1.29, 1.82) is 0 Å². The van der Waals surface area contributed by atoms with E-state index < -0.39 is 11.9 Å². The molecular formula is C14H22N4O2. The van der Waals surface area contributed by atoms with Gasteiger partial charge in [-0.15, -0.1) is 0 Å². The number of nitrogens with zero attached hydrogens (tertiary/aromatic N) is 2. The predicted molar refractivity (Wildman–Crippen MR) is 79.0 cm³/mol. The fourth-order valence-corrected chi connectivity index (χ4v) is 1.84. The highest BCUT2D eigenvalue weighted by molar-refractivity contribution is 5.87. The first-order valence-corrected chi connectivity index (χ1v) is 6.36. The number of rotatable bonds is 6. The van der Waals surface area contributed by atoms with Gasteiger partial charge in [0.25, 0.3) is 0 Å².